The molecule has 3 N–H and O–H groups in total. The van der Waals surface area contributed by atoms with Gasteiger partial charge in [-0.2, -0.15) is 0 Å². The fourth-order valence-corrected chi connectivity index (χ4v) is 3.25. The van der Waals surface area contributed by atoms with E-state index in [1.54, 1.807) is 6.07 Å². The Labute approximate surface area is 172 Å². The van der Waals surface area contributed by atoms with Crippen molar-refractivity contribution in [2.45, 2.75) is 6.42 Å². The molecule has 0 bridgehead atoms. The SMILES string of the molecule is Cl.Cl.NC(=O)c1ccc(N2CCN(CCC(=O)N3CCNCC3)CC2)nc1. The van der Waals surface area contributed by atoms with Crippen LogP contribution < -0.4 is 16.0 Å². The Balaban J connectivity index is 0.00000182. The molecule has 3 rings (SSSR count). The Morgan fingerprint density at radius 2 is 1.70 bits per heavy atom. The van der Waals surface area contributed by atoms with Crippen molar-refractivity contribution in [3.8, 4) is 0 Å². The van der Waals surface area contributed by atoms with E-state index in [0.717, 1.165) is 64.7 Å². The molecule has 0 aromatic carbocycles. The van der Waals surface area contributed by atoms with Crippen LogP contribution in [0.2, 0.25) is 0 Å². The molecular formula is C17H28Cl2N6O2. The maximum atomic E-state index is 12.2. The zero-order valence-electron chi connectivity index (χ0n) is 15.3. The summed E-state index contributed by atoms with van der Waals surface area (Å²) >= 11 is 0. The molecule has 0 saturated carbocycles. The third kappa shape index (κ3) is 6.49. The second kappa shape index (κ2) is 11.3. The van der Waals surface area contributed by atoms with Gasteiger partial charge in [0.2, 0.25) is 11.8 Å². The second-order valence-corrected chi connectivity index (χ2v) is 6.48. The molecule has 152 valence electrons. The highest BCUT2D eigenvalue weighted by atomic mass is 35.5. The van der Waals surface area contributed by atoms with E-state index < -0.39 is 5.91 Å². The van der Waals surface area contributed by atoms with Crippen LogP contribution in [0.5, 0.6) is 0 Å². The molecule has 0 atom stereocenters. The van der Waals surface area contributed by atoms with Crippen LogP contribution >= 0.6 is 24.8 Å². The standard InChI is InChI=1S/C17H26N6O2.2ClH/c18-17(25)14-1-2-15(20-13-14)22-11-9-21(10-12-22)6-3-16(24)23-7-4-19-5-8-23;;/h1-2,13,19H,3-12H2,(H2,18,25);2*1H. The zero-order valence-corrected chi connectivity index (χ0v) is 16.9. The first-order chi connectivity index (χ1) is 12.1. The van der Waals surface area contributed by atoms with Crippen molar-refractivity contribution in [3.63, 3.8) is 0 Å². The molecule has 2 aliphatic rings. The number of hydrogen-bond acceptors (Lipinski definition) is 6. The zero-order chi connectivity index (χ0) is 17.6. The molecule has 2 fully saturated rings. The number of primary amides is 1. The number of halogens is 2. The van der Waals surface area contributed by atoms with Crippen molar-refractivity contribution >= 4 is 42.4 Å². The number of carbonyl (C=O) groups is 2. The molecule has 2 aliphatic heterocycles. The van der Waals surface area contributed by atoms with E-state index >= 15 is 0 Å². The predicted molar refractivity (Wildman–Crippen MR) is 110 cm³/mol. The minimum Gasteiger partial charge on any atom is -0.366 e. The number of nitrogens with two attached hydrogens (primary N) is 1. The van der Waals surface area contributed by atoms with Gasteiger partial charge in [0, 0.05) is 71.5 Å². The molecule has 10 heteroatoms. The van der Waals surface area contributed by atoms with Crippen LogP contribution in [0.4, 0.5) is 5.82 Å². The number of hydrogen-bond donors (Lipinski definition) is 2. The Bertz CT molecular complexity index is 602. The first kappa shape index (κ1) is 23.4. The molecule has 0 unspecified atom stereocenters. The van der Waals surface area contributed by atoms with Gasteiger partial charge in [-0.15, -0.1) is 24.8 Å². The molecule has 0 spiro atoms. The average molecular weight is 419 g/mol. The van der Waals surface area contributed by atoms with Gasteiger partial charge in [0.05, 0.1) is 5.56 Å². The van der Waals surface area contributed by atoms with Crippen molar-refractivity contribution in [2.24, 2.45) is 5.73 Å². The van der Waals surface area contributed by atoms with E-state index in [4.69, 9.17) is 5.73 Å². The van der Waals surface area contributed by atoms with Gasteiger partial charge in [-0.05, 0) is 12.1 Å². The van der Waals surface area contributed by atoms with E-state index in [2.05, 4.69) is 20.1 Å². The van der Waals surface area contributed by atoms with Crippen molar-refractivity contribution in [1.29, 1.82) is 0 Å². The first-order valence-electron chi connectivity index (χ1n) is 8.85. The minimum absolute atomic E-state index is 0. The van der Waals surface area contributed by atoms with Crippen LogP contribution in [0.1, 0.15) is 16.8 Å². The monoisotopic (exact) mass is 418 g/mol. The maximum Gasteiger partial charge on any atom is 0.250 e. The summed E-state index contributed by atoms with van der Waals surface area (Å²) in [7, 11) is 0. The van der Waals surface area contributed by atoms with Crippen LogP contribution in [0.25, 0.3) is 0 Å². The number of carbonyl (C=O) groups excluding carboxylic acids is 2. The fourth-order valence-electron chi connectivity index (χ4n) is 3.25. The number of amides is 2. The molecule has 0 aliphatic carbocycles. The Hall–Kier alpha value is -1.61. The molecular weight excluding hydrogens is 391 g/mol. The molecule has 3 heterocycles. The Morgan fingerprint density at radius 1 is 1.04 bits per heavy atom. The molecule has 0 radical (unpaired) electrons. The largest absolute Gasteiger partial charge is 0.366 e. The number of aromatic nitrogens is 1. The predicted octanol–water partition coefficient (Wildman–Crippen LogP) is -0.0320. The normalized spacial score (nSPS) is 17.6. The highest BCUT2D eigenvalue weighted by molar-refractivity contribution is 5.92. The third-order valence-corrected chi connectivity index (χ3v) is 4.84. The van der Waals surface area contributed by atoms with Gasteiger partial charge in [-0.25, -0.2) is 4.98 Å². The topological polar surface area (TPSA) is 94.8 Å². The molecule has 2 amide bonds. The Morgan fingerprint density at radius 3 is 2.26 bits per heavy atom. The van der Waals surface area contributed by atoms with E-state index in [1.165, 1.54) is 6.20 Å². The van der Waals surface area contributed by atoms with Crippen molar-refractivity contribution in [1.82, 2.24) is 20.1 Å². The lowest BCUT2D eigenvalue weighted by molar-refractivity contribution is -0.132. The van der Waals surface area contributed by atoms with Crippen LogP contribution in [0.15, 0.2) is 18.3 Å². The second-order valence-electron chi connectivity index (χ2n) is 6.48. The fraction of sp³-hybridized carbons (Fsp3) is 0.588. The van der Waals surface area contributed by atoms with E-state index in [1.807, 2.05) is 11.0 Å². The third-order valence-electron chi connectivity index (χ3n) is 4.84. The van der Waals surface area contributed by atoms with Crippen LogP contribution in [0, 0.1) is 0 Å². The molecule has 8 nitrogen and oxygen atoms in total. The highest BCUT2D eigenvalue weighted by Gasteiger charge is 2.21. The van der Waals surface area contributed by atoms with E-state index in [0.29, 0.717) is 12.0 Å². The van der Waals surface area contributed by atoms with Crippen LogP contribution in [-0.2, 0) is 4.79 Å². The summed E-state index contributed by atoms with van der Waals surface area (Å²) in [4.78, 5) is 34.1. The van der Waals surface area contributed by atoms with Gasteiger partial charge in [0.15, 0.2) is 0 Å². The minimum atomic E-state index is -0.460. The van der Waals surface area contributed by atoms with Crippen LogP contribution in [0.3, 0.4) is 0 Å². The van der Waals surface area contributed by atoms with Crippen molar-refractivity contribution in [2.75, 3.05) is 63.8 Å². The average Bonchev–Trinajstić information content (AvgIpc) is 2.67. The number of pyridine rings is 1. The number of nitrogens with zero attached hydrogens (tertiary/aromatic N) is 4. The van der Waals surface area contributed by atoms with Gasteiger partial charge >= 0.3 is 0 Å². The number of piperazine rings is 2. The van der Waals surface area contributed by atoms with Crippen molar-refractivity contribution < 1.29 is 9.59 Å². The maximum absolute atomic E-state index is 12.2. The lowest BCUT2D eigenvalue weighted by Gasteiger charge is -2.35. The summed E-state index contributed by atoms with van der Waals surface area (Å²) < 4.78 is 0. The van der Waals surface area contributed by atoms with Gasteiger partial charge in [-0.1, -0.05) is 0 Å². The summed E-state index contributed by atoms with van der Waals surface area (Å²) in [5, 5.41) is 3.26. The molecule has 2 saturated heterocycles. The first-order valence-corrected chi connectivity index (χ1v) is 8.85. The summed E-state index contributed by atoms with van der Waals surface area (Å²) in [5.74, 6) is 0.659. The van der Waals surface area contributed by atoms with Crippen LogP contribution in [-0.4, -0.2) is 85.5 Å². The summed E-state index contributed by atoms with van der Waals surface area (Å²) in [5.41, 5.74) is 5.66. The van der Waals surface area contributed by atoms with Gasteiger partial charge < -0.3 is 20.9 Å². The summed E-state index contributed by atoms with van der Waals surface area (Å²) in [6.07, 6.45) is 2.11. The van der Waals surface area contributed by atoms with Gasteiger partial charge in [0.1, 0.15) is 5.82 Å². The van der Waals surface area contributed by atoms with Crippen molar-refractivity contribution in [3.05, 3.63) is 23.9 Å². The highest BCUT2D eigenvalue weighted by Crippen LogP contribution is 2.14. The lowest BCUT2D eigenvalue weighted by Crippen LogP contribution is -2.49. The van der Waals surface area contributed by atoms with Gasteiger partial charge in [-0.3, -0.25) is 14.5 Å². The van der Waals surface area contributed by atoms with Gasteiger partial charge in [0.25, 0.3) is 0 Å². The molecule has 1 aromatic rings. The number of anilines is 1. The summed E-state index contributed by atoms with van der Waals surface area (Å²) in [6.45, 7) is 7.79. The van der Waals surface area contributed by atoms with E-state index in [9.17, 15) is 9.59 Å². The molecule has 27 heavy (non-hydrogen) atoms. The summed E-state index contributed by atoms with van der Waals surface area (Å²) in [6, 6.07) is 3.55. The van der Waals surface area contributed by atoms with E-state index in [-0.39, 0.29) is 30.7 Å². The number of rotatable bonds is 5. The number of nitrogens with one attached hydrogen (secondary N) is 1. The molecule has 1 aromatic heterocycles. The lowest BCUT2D eigenvalue weighted by atomic mass is 10.2. The Kier molecular flexibility index (Phi) is 9.79. The quantitative estimate of drug-likeness (QED) is 0.696. The smallest absolute Gasteiger partial charge is 0.250 e.